The highest BCUT2D eigenvalue weighted by atomic mass is 16.5. The van der Waals surface area contributed by atoms with Gasteiger partial charge in [-0.1, -0.05) is 17.3 Å². The van der Waals surface area contributed by atoms with Gasteiger partial charge in [-0.3, -0.25) is 9.59 Å². The second-order valence-electron chi connectivity index (χ2n) is 5.65. The van der Waals surface area contributed by atoms with Crippen LogP contribution in [0.15, 0.2) is 47.3 Å². The summed E-state index contributed by atoms with van der Waals surface area (Å²) in [4.78, 5) is 24.2. The zero-order chi connectivity index (χ0) is 17.8. The largest absolute Gasteiger partial charge is 0.497 e. The van der Waals surface area contributed by atoms with E-state index in [0.29, 0.717) is 29.4 Å². The maximum Gasteiger partial charge on any atom is 0.277 e. The molecule has 0 aliphatic carbocycles. The molecule has 0 unspecified atom stereocenters. The number of fused-ring (bicyclic) bond motifs is 1. The molecule has 128 valence electrons. The summed E-state index contributed by atoms with van der Waals surface area (Å²) >= 11 is 0. The number of aryl methyl sites for hydroxylation is 2. The maximum atomic E-state index is 12.1. The molecule has 0 radical (unpaired) electrons. The topological polar surface area (TPSA) is 86.1 Å². The summed E-state index contributed by atoms with van der Waals surface area (Å²) in [6.07, 6.45) is 0.966. The quantitative estimate of drug-likeness (QED) is 0.768. The average molecular weight is 338 g/mol. The van der Waals surface area contributed by atoms with E-state index in [0.717, 1.165) is 16.0 Å². The average Bonchev–Trinajstić information content (AvgIpc) is 2.64. The van der Waals surface area contributed by atoms with Gasteiger partial charge in [-0.25, -0.2) is 4.68 Å². The Balaban J connectivity index is 1.67. The summed E-state index contributed by atoms with van der Waals surface area (Å²) in [6.45, 7) is 0. The van der Waals surface area contributed by atoms with E-state index in [1.54, 1.807) is 25.3 Å². The summed E-state index contributed by atoms with van der Waals surface area (Å²) in [6, 6.07) is 12.6. The Morgan fingerprint density at radius 3 is 2.68 bits per heavy atom. The first-order valence-electron chi connectivity index (χ1n) is 7.83. The van der Waals surface area contributed by atoms with E-state index in [2.05, 4.69) is 15.6 Å². The monoisotopic (exact) mass is 338 g/mol. The molecule has 7 heteroatoms. The van der Waals surface area contributed by atoms with Crippen LogP contribution in [0.5, 0.6) is 5.75 Å². The standard InChI is InChI=1S/C18H18N4O3/c1-22-18(24)15-11-13(6-9-16(15)20-21-22)19-17(23)10-5-12-3-7-14(25-2)8-4-12/h3-4,6-9,11H,5,10H2,1-2H3,(H,19,23). The van der Waals surface area contributed by atoms with Gasteiger partial charge in [0, 0.05) is 19.2 Å². The molecule has 2 aromatic carbocycles. The number of aromatic nitrogens is 3. The Kier molecular flexibility index (Phi) is 4.74. The van der Waals surface area contributed by atoms with Gasteiger partial charge in [0.25, 0.3) is 5.56 Å². The van der Waals surface area contributed by atoms with E-state index in [1.807, 2.05) is 24.3 Å². The minimum atomic E-state index is -0.251. The van der Waals surface area contributed by atoms with Gasteiger partial charge in [0.2, 0.25) is 5.91 Å². The van der Waals surface area contributed by atoms with Gasteiger partial charge < -0.3 is 10.1 Å². The van der Waals surface area contributed by atoms with Gasteiger partial charge in [-0.05, 0) is 42.3 Å². The fourth-order valence-electron chi connectivity index (χ4n) is 2.48. The van der Waals surface area contributed by atoms with E-state index >= 15 is 0 Å². The van der Waals surface area contributed by atoms with Gasteiger partial charge in [-0.15, -0.1) is 5.10 Å². The molecular formula is C18H18N4O3. The second kappa shape index (κ2) is 7.12. The number of hydrogen-bond acceptors (Lipinski definition) is 5. The highest BCUT2D eigenvalue weighted by Crippen LogP contribution is 2.15. The van der Waals surface area contributed by atoms with Crippen LogP contribution in [-0.4, -0.2) is 28.0 Å². The molecule has 0 aliphatic rings. The summed E-state index contributed by atoms with van der Waals surface area (Å²) in [5.74, 6) is 0.669. The minimum Gasteiger partial charge on any atom is -0.497 e. The third kappa shape index (κ3) is 3.82. The van der Waals surface area contributed by atoms with Crippen molar-refractivity contribution in [2.75, 3.05) is 12.4 Å². The van der Waals surface area contributed by atoms with Crippen molar-refractivity contribution in [3.63, 3.8) is 0 Å². The van der Waals surface area contributed by atoms with Crippen molar-refractivity contribution in [3.8, 4) is 5.75 Å². The molecule has 7 nitrogen and oxygen atoms in total. The Morgan fingerprint density at radius 2 is 1.96 bits per heavy atom. The van der Waals surface area contributed by atoms with Crippen LogP contribution in [-0.2, 0) is 18.3 Å². The molecule has 3 aromatic rings. The second-order valence-corrected chi connectivity index (χ2v) is 5.65. The highest BCUT2D eigenvalue weighted by molar-refractivity contribution is 5.93. The fraction of sp³-hybridized carbons (Fsp3) is 0.222. The smallest absolute Gasteiger partial charge is 0.277 e. The van der Waals surface area contributed by atoms with E-state index in [9.17, 15) is 9.59 Å². The number of carbonyl (C=O) groups is 1. The number of hydrogen-bond donors (Lipinski definition) is 1. The molecule has 0 spiro atoms. The molecule has 1 heterocycles. The summed E-state index contributed by atoms with van der Waals surface area (Å²) < 4.78 is 6.28. The van der Waals surface area contributed by atoms with Crippen LogP contribution in [0.25, 0.3) is 10.9 Å². The fourth-order valence-corrected chi connectivity index (χ4v) is 2.48. The van der Waals surface area contributed by atoms with E-state index < -0.39 is 0 Å². The predicted molar refractivity (Wildman–Crippen MR) is 94.7 cm³/mol. The SMILES string of the molecule is COc1ccc(CCC(=O)Nc2ccc3nnn(C)c(=O)c3c2)cc1. The van der Waals surface area contributed by atoms with Crippen LogP contribution in [0.1, 0.15) is 12.0 Å². The van der Waals surface area contributed by atoms with Crippen LogP contribution in [0, 0.1) is 0 Å². The van der Waals surface area contributed by atoms with Crippen molar-refractivity contribution in [2.45, 2.75) is 12.8 Å². The van der Waals surface area contributed by atoms with Crippen molar-refractivity contribution in [3.05, 3.63) is 58.4 Å². The van der Waals surface area contributed by atoms with Gasteiger partial charge in [-0.2, -0.15) is 0 Å². The molecule has 1 amide bonds. The van der Waals surface area contributed by atoms with E-state index in [1.165, 1.54) is 7.05 Å². The zero-order valence-corrected chi connectivity index (χ0v) is 14.0. The first-order chi connectivity index (χ1) is 12.1. The van der Waals surface area contributed by atoms with Gasteiger partial charge in [0.15, 0.2) is 0 Å². The Bertz CT molecular complexity index is 964. The Morgan fingerprint density at radius 1 is 1.20 bits per heavy atom. The number of carbonyl (C=O) groups excluding carboxylic acids is 1. The number of anilines is 1. The van der Waals surface area contributed by atoms with E-state index in [4.69, 9.17) is 4.74 Å². The predicted octanol–water partition coefficient (Wildman–Crippen LogP) is 1.91. The van der Waals surface area contributed by atoms with Crippen LogP contribution in [0.2, 0.25) is 0 Å². The van der Waals surface area contributed by atoms with Gasteiger partial charge in [0.05, 0.1) is 12.5 Å². The van der Waals surface area contributed by atoms with Crippen molar-refractivity contribution in [2.24, 2.45) is 7.05 Å². The zero-order valence-electron chi connectivity index (χ0n) is 14.0. The minimum absolute atomic E-state index is 0.117. The number of nitrogens with zero attached hydrogens (tertiary/aromatic N) is 3. The summed E-state index contributed by atoms with van der Waals surface area (Å²) in [7, 11) is 3.15. The number of benzene rings is 2. The van der Waals surface area contributed by atoms with Crippen molar-refractivity contribution >= 4 is 22.5 Å². The Hall–Kier alpha value is -3.22. The molecule has 1 N–H and O–H groups in total. The molecule has 0 aliphatic heterocycles. The Labute approximate surface area is 144 Å². The van der Waals surface area contributed by atoms with Crippen molar-refractivity contribution < 1.29 is 9.53 Å². The van der Waals surface area contributed by atoms with Crippen LogP contribution in [0.4, 0.5) is 5.69 Å². The number of nitrogens with one attached hydrogen (secondary N) is 1. The number of methoxy groups -OCH3 is 1. The molecule has 0 bridgehead atoms. The lowest BCUT2D eigenvalue weighted by molar-refractivity contribution is -0.116. The number of ether oxygens (including phenoxy) is 1. The number of rotatable bonds is 5. The molecule has 0 fully saturated rings. The maximum absolute atomic E-state index is 12.1. The third-order valence-corrected chi connectivity index (χ3v) is 3.89. The van der Waals surface area contributed by atoms with Crippen molar-refractivity contribution in [1.29, 1.82) is 0 Å². The number of amides is 1. The molecule has 0 saturated carbocycles. The third-order valence-electron chi connectivity index (χ3n) is 3.89. The first kappa shape index (κ1) is 16.6. The summed E-state index contributed by atoms with van der Waals surface area (Å²) in [5, 5.41) is 10.9. The molecular weight excluding hydrogens is 320 g/mol. The van der Waals surface area contributed by atoms with Gasteiger partial charge >= 0.3 is 0 Å². The van der Waals surface area contributed by atoms with Crippen LogP contribution in [0.3, 0.4) is 0 Å². The normalized spacial score (nSPS) is 10.6. The van der Waals surface area contributed by atoms with Crippen LogP contribution < -0.4 is 15.6 Å². The van der Waals surface area contributed by atoms with Crippen molar-refractivity contribution in [1.82, 2.24) is 15.0 Å². The summed E-state index contributed by atoms with van der Waals surface area (Å²) in [5.41, 5.74) is 1.87. The molecule has 0 atom stereocenters. The molecule has 1 aromatic heterocycles. The van der Waals surface area contributed by atoms with Crippen LogP contribution >= 0.6 is 0 Å². The lowest BCUT2D eigenvalue weighted by atomic mass is 10.1. The lowest BCUT2D eigenvalue weighted by Crippen LogP contribution is -2.21. The first-order valence-corrected chi connectivity index (χ1v) is 7.83. The molecule has 0 saturated heterocycles. The van der Waals surface area contributed by atoms with E-state index in [-0.39, 0.29) is 11.5 Å². The molecule has 25 heavy (non-hydrogen) atoms. The molecule has 3 rings (SSSR count). The highest BCUT2D eigenvalue weighted by Gasteiger charge is 2.07. The lowest BCUT2D eigenvalue weighted by Gasteiger charge is -2.07. The van der Waals surface area contributed by atoms with Gasteiger partial charge in [0.1, 0.15) is 11.3 Å².